The molecule has 1 atom stereocenters. The van der Waals surface area contributed by atoms with E-state index in [1.165, 1.54) is 5.56 Å². The van der Waals surface area contributed by atoms with Gasteiger partial charge in [-0.05, 0) is 70.4 Å². The topological polar surface area (TPSA) is 75.0 Å². The molecule has 1 fully saturated rings. The molecule has 1 aromatic heterocycles. The number of carbonyl (C=O) groups is 2. The summed E-state index contributed by atoms with van der Waals surface area (Å²) in [5.74, 6) is 1.83. The largest absolute Gasteiger partial charge is 0.491 e. The highest BCUT2D eigenvalue weighted by atomic mass is 16.5. The zero-order valence-corrected chi connectivity index (χ0v) is 18.9. The highest BCUT2D eigenvalue weighted by molar-refractivity contribution is 5.91. The average molecular weight is 428 g/mol. The summed E-state index contributed by atoms with van der Waals surface area (Å²) in [6.45, 7) is 9.90. The molecule has 0 bridgehead atoms. The summed E-state index contributed by atoms with van der Waals surface area (Å²) < 4.78 is 11.1. The quantitative estimate of drug-likeness (QED) is 0.728. The predicted molar refractivity (Wildman–Crippen MR) is 119 cm³/mol. The van der Waals surface area contributed by atoms with E-state index in [9.17, 15) is 9.59 Å². The van der Waals surface area contributed by atoms with E-state index < -0.39 is 0 Å². The van der Waals surface area contributed by atoms with Gasteiger partial charge < -0.3 is 24.3 Å². The lowest BCUT2D eigenvalue weighted by atomic mass is 10.1. The Labute approximate surface area is 184 Å². The highest BCUT2D eigenvalue weighted by Gasteiger charge is 2.26. The number of furan rings is 1. The molecule has 31 heavy (non-hydrogen) atoms. The number of hydrogen-bond acceptors (Lipinski definition) is 4. The first-order valence-corrected chi connectivity index (χ1v) is 11.0. The summed E-state index contributed by atoms with van der Waals surface area (Å²) >= 11 is 0. The van der Waals surface area contributed by atoms with E-state index in [-0.39, 0.29) is 24.1 Å². The van der Waals surface area contributed by atoms with Crippen molar-refractivity contribution in [3.05, 3.63) is 53.5 Å². The third kappa shape index (κ3) is 6.51. The molecular formula is C24H33N3O4. The van der Waals surface area contributed by atoms with E-state index in [0.29, 0.717) is 31.9 Å². The number of carbonyl (C=O) groups excluding carboxylic acids is 2. The van der Waals surface area contributed by atoms with Crippen molar-refractivity contribution in [1.82, 2.24) is 15.1 Å². The van der Waals surface area contributed by atoms with Crippen molar-refractivity contribution < 1.29 is 18.7 Å². The molecule has 0 spiro atoms. The van der Waals surface area contributed by atoms with Crippen LogP contribution in [-0.4, -0.2) is 60.1 Å². The van der Waals surface area contributed by atoms with Crippen LogP contribution in [0, 0.1) is 6.92 Å². The van der Waals surface area contributed by atoms with Crippen LogP contribution in [0.3, 0.4) is 0 Å². The van der Waals surface area contributed by atoms with Gasteiger partial charge in [-0.1, -0.05) is 12.1 Å². The first-order valence-electron chi connectivity index (χ1n) is 11.0. The molecule has 1 aliphatic rings. The van der Waals surface area contributed by atoms with Gasteiger partial charge in [-0.15, -0.1) is 0 Å². The lowest BCUT2D eigenvalue weighted by molar-refractivity contribution is 0.0631. The lowest BCUT2D eigenvalue weighted by Crippen LogP contribution is -2.54. The van der Waals surface area contributed by atoms with Crippen LogP contribution in [0.5, 0.6) is 5.75 Å². The Morgan fingerprint density at radius 2 is 1.65 bits per heavy atom. The highest BCUT2D eigenvalue weighted by Crippen LogP contribution is 2.16. The Bertz CT molecular complexity index is 867. The zero-order valence-electron chi connectivity index (χ0n) is 18.9. The van der Waals surface area contributed by atoms with Crippen LogP contribution in [0.1, 0.15) is 49.1 Å². The van der Waals surface area contributed by atoms with E-state index in [1.54, 1.807) is 21.9 Å². The maximum absolute atomic E-state index is 12.6. The number of benzene rings is 1. The predicted octanol–water partition coefficient (Wildman–Crippen LogP) is 3.86. The van der Waals surface area contributed by atoms with Crippen molar-refractivity contribution >= 4 is 11.9 Å². The van der Waals surface area contributed by atoms with Gasteiger partial charge in [0.1, 0.15) is 11.5 Å². The summed E-state index contributed by atoms with van der Waals surface area (Å²) in [5.41, 5.74) is 1.22. The van der Waals surface area contributed by atoms with E-state index in [1.807, 2.05) is 39.8 Å². The molecule has 2 heterocycles. The monoisotopic (exact) mass is 427 g/mol. The van der Waals surface area contributed by atoms with E-state index in [2.05, 4.69) is 17.4 Å². The van der Waals surface area contributed by atoms with Crippen LogP contribution in [0.15, 0.2) is 40.8 Å². The Hall–Kier alpha value is -2.96. The molecule has 2 aromatic rings. The third-order valence-corrected chi connectivity index (χ3v) is 5.34. The summed E-state index contributed by atoms with van der Waals surface area (Å²) in [7, 11) is 0. The number of urea groups is 1. The van der Waals surface area contributed by atoms with Crippen molar-refractivity contribution in [1.29, 1.82) is 0 Å². The molecule has 1 aliphatic heterocycles. The third-order valence-electron chi connectivity index (χ3n) is 5.34. The van der Waals surface area contributed by atoms with Crippen LogP contribution in [0.2, 0.25) is 0 Å². The van der Waals surface area contributed by atoms with Gasteiger partial charge in [0.25, 0.3) is 5.91 Å². The summed E-state index contributed by atoms with van der Waals surface area (Å²) in [4.78, 5) is 28.6. The van der Waals surface area contributed by atoms with Gasteiger partial charge in [0.2, 0.25) is 0 Å². The van der Waals surface area contributed by atoms with Gasteiger partial charge in [-0.25, -0.2) is 4.79 Å². The van der Waals surface area contributed by atoms with Gasteiger partial charge in [-0.2, -0.15) is 0 Å². The maximum atomic E-state index is 12.6. The number of ether oxygens (including phenoxy) is 1. The SMILES string of the molecule is Cc1ccc(C(=O)N2CCN(C(=O)NC(C)CCc3ccc(OC(C)C)cc3)CC2)o1. The fraction of sp³-hybridized carbons (Fsp3) is 0.500. The minimum Gasteiger partial charge on any atom is -0.491 e. The van der Waals surface area contributed by atoms with E-state index >= 15 is 0 Å². The van der Waals surface area contributed by atoms with Crippen molar-refractivity contribution in [2.24, 2.45) is 0 Å². The maximum Gasteiger partial charge on any atom is 0.317 e. The molecule has 3 rings (SSSR count). The van der Waals surface area contributed by atoms with Gasteiger partial charge in [0, 0.05) is 32.2 Å². The number of nitrogens with zero attached hydrogens (tertiary/aromatic N) is 2. The molecule has 1 unspecified atom stereocenters. The molecule has 7 heteroatoms. The van der Waals surface area contributed by atoms with E-state index in [0.717, 1.165) is 24.4 Å². The molecule has 7 nitrogen and oxygen atoms in total. The van der Waals surface area contributed by atoms with Crippen molar-refractivity contribution in [3.8, 4) is 5.75 Å². The fourth-order valence-electron chi connectivity index (χ4n) is 3.58. The fourth-order valence-corrected chi connectivity index (χ4v) is 3.58. The summed E-state index contributed by atoms with van der Waals surface area (Å²) in [6.07, 6.45) is 1.90. The lowest BCUT2D eigenvalue weighted by Gasteiger charge is -2.35. The minimum absolute atomic E-state index is 0.0600. The Balaban J connectivity index is 1.39. The van der Waals surface area contributed by atoms with Gasteiger partial charge in [0.05, 0.1) is 6.10 Å². The minimum atomic E-state index is -0.119. The number of hydrogen-bond donors (Lipinski definition) is 1. The van der Waals surface area contributed by atoms with Crippen LogP contribution >= 0.6 is 0 Å². The number of piperazine rings is 1. The zero-order chi connectivity index (χ0) is 22.4. The molecule has 1 aromatic carbocycles. The first kappa shape index (κ1) is 22.7. The van der Waals surface area contributed by atoms with Crippen molar-refractivity contribution in [2.75, 3.05) is 26.2 Å². The number of amides is 3. The molecule has 0 saturated carbocycles. The smallest absolute Gasteiger partial charge is 0.317 e. The summed E-state index contributed by atoms with van der Waals surface area (Å²) in [5, 5.41) is 3.08. The van der Waals surface area contributed by atoms with Gasteiger partial charge in [0.15, 0.2) is 5.76 Å². The second-order valence-corrected chi connectivity index (χ2v) is 8.39. The van der Waals surface area contributed by atoms with Gasteiger partial charge in [-0.3, -0.25) is 4.79 Å². The Kier molecular flexibility index (Phi) is 7.60. The normalized spacial score (nSPS) is 15.1. The van der Waals surface area contributed by atoms with Crippen LogP contribution in [0.25, 0.3) is 0 Å². The molecule has 1 saturated heterocycles. The molecule has 1 N–H and O–H groups in total. The van der Waals surface area contributed by atoms with Gasteiger partial charge >= 0.3 is 6.03 Å². The molecule has 3 amide bonds. The number of rotatable bonds is 7. The number of nitrogens with one attached hydrogen (secondary N) is 1. The van der Waals surface area contributed by atoms with E-state index in [4.69, 9.17) is 9.15 Å². The number of aryl methyl sites for hydroxylation is 2. The van der Waals surface area contributed by atoms with Crippen molar-refractivity contribution in [3.63, 3.8) is 0 Å². The second-order valence-electron chi connectivity index (χ2n) is 8.39. The second kappa shape index (κ2) is 10.4. The average Bonchev–Trinajstić information content (AvgIpc) is 3.18. The molecule has 0 radical (unpaired) electrons. The molecule has 168 valence electrons. The van der Waals surface area contributed by atoms with Crippen LogP contribution in [0.4, 0.5) is 4.79 Å². The van der Waals surface area contributed by atoms with Crippen molar-refractivity contribution in [2.45, 2.75) is 52.7 Å². The van der Waals surface area contributed by atoms with Crippen LogP contribution < -0.4 is 10.1 Å². The standard InChI is InChI=1S/C24H33N3O4/c1-17(2)30-21-10-8-20(9-11-21)7-5-18(3)25-24(29)27-15-13-26(14-16-27)23(28)22-12-6-19(4)31-22/h6,8-12,17-18H,5,7,13-16H2,1-4H3,(H,25,29). The Morgan fingerprint density at radius 3 is 2.23 bits per heavy atom. The van der Waals surface area contributed by atoms with Crippen LogP contribution in [-0.2, 0) is 6.42 Å². The Morgan fingerprint density at radius 1 is 1.00 bits per heavy atom. The molecule has 0 aliphatic carbocycles. The molecular weight excluding hydrogens is 394 g/mol. The first-order chi connectivity index (χ1) is 14.8. The summed E-state index contributed by atoms with van der Waals surface area (Å²) in [6, 6.07) is 11.6.